The van der Waals surface area contributed by atoms with Crippen molar-refractivity contribution in [2.24, 2.45) is 0 Å². The van der Waals surface area contributed by atoms with Gasteiger partial charge in [-0.25, -0.2) is 0 Å². The highest BCUT2D eigenvalue weighted by Gasteiger charge is 2.24. The highest BCUT2D eigenvalue weighted by Crippen LogP contribution is 2.31. The number of rotatable bonds is 4. The maximum atomic E-state index is 5.67. The van der Waals surface area contributed by atoms with Crippen molar-refractivity contribution in [3.8, 4) is 11.5 Å². The van der Waals surface area contributed by atoms with Gasteiger partial charge in [-0.1, -0.05) is 13.0 Å². The molecule has 116 valence electrons. The smallest absolute Gasteiger partial charge is 0.161 e. The Morgan fingerprint density at radius 2 is 2.05 bits per heavy atom. The minimum atomic E-state index is 0.591. The molecule has 2 unspecified atom stereocenters. The van der Waals surface area contributed by atoms with Crippen LogP contribution >= 0.6 is 0 Å². The van der Waals surface area contributed by atoms with Crippen LogP contribution < -0.4 is 14.8 Å². The Hall–Kier alpha value is -1.26. The molecule has 4 heteroatoms. The van der Waals surface area contributed by atoms with Crippen molar-refractivity contribution in [2.75, 3.05) is 32.8 Å². The van der Waals surface area contributed by atoms with Gasteiger partial charge in [0, 0.05) is 31.7 Å². The molecule has 1 fully saturated rings. The lowest BCUT2D eigenvalue weighted by atomic mass is 10.1. The second kappa shape index (κ2) is 6.67. The summed E-state index contributed by atoms with van der Waals surface area (Å²) in [6, 6.07) is 7.61. The summed E-state index contributed by atoms with van der Waals surface area (Å²) in [5.74, 6) is 1.78. The Balaban J connectivity index is 1.61. The minimum Gasteiger partial charge on any atom is -0.486 e. The van der Waals surface area contributed by atoms with Crippen molar-refractivity contribution in [1.29, 1.82) is 0 Å². The Labute approximate surface area is 127 Å². The van der Waals surface area contributed by atoms with Gasteiger partial charge in [-0.2, -0.15) is 0 Å². The van der Waals surface area contributed by atoms with Gasteiger partial charge in [-0.15, -0.1) is 0 Å². The van der Waals surface area contributed by atoms with Crippen molar-refractivity contribution in [3.05, 3.63) is 23.8 Å². The first-order valence-corrected chi connectivity index (χ1v) is 8.12. The monoisotopic (exact) mass is 290 g/mol. The second-order valence-corrected chi connectivity index (χ2v) is 6.09. The molecule has 2 heterocycles. The lowest BCUT2D eigenvalue weighted by molar-refractivity contribution is 0.133. The molecule has 3 rings (SSSR count). The number of hydrogen-bond donors (Lipinski definition) is 1. The fourth-order valence-electron chi connectivity index (χ4n) is 3.22. The van der Waals surface area contributed by atoms with E-state index in [1.165, 1.54) is 12.0 Å². The molecule has 0 aliphatic carbocycles. The van der Waals surface area contributed by atoms with E-state index in [4.69, 9.17) is 9.47 Å². The highest BCUT2D eigenvalue weighted by molar-refractivity contribution is 5.43. The van der Waals surface area contributed by atoms with Crippen molar-refractivity contribution in [1.82, 2.24) is 10.2 Å². The van der Waals surface area contributed by atoms with Gasteiger partial charge >= 0.3 is 0 Å². The normalized spacial score (nSPS) is 25.8. The molecule has 0 radical (unpaired) electrons. The van der Waals surface area contributed by atoms with Crippen molar-refractivity contribution < 1.29 is 9.47 Å². The zero-order valence-electron chi connectivity index (χ0n) is 13.1. The molecule has 1 saturated heterocycles. The van der Waals surface area contributed by atoms with E-state index < -0.39 is 0 Å². The molecule has 0 aromatic heterocycles. The fourth-order valence-corrected chi connectivity index (χ4v) is 3.22. The van der Waals surface area contributed by atoms with E-state index in [2.05, 4.69) is 36.2 Å². The van der Waals surface area contributed by atoms with Gasteiger partial charge in [0.05, 0.1) is 0 Å². The zero-order valence-corrected chi connectivity index (χ0v) is 13.1. The van der Waals surface area contributed by atoms with Crippen LogP contribution in [0.25, 0.3) is 0 Å². The van der Waals surface area contributed by atoms with Gasteiger partial charge in [-0.3, -0.25) is 4.90 Å². The summed E-state index contributed by atoms with van der Waals surface area (Å²) < 4.78 is 11.2. The largest absolute Gasteiger partial charge is 0.486 e. The summed E-state index contributed by atoms with van der Waals surface area (Å²) >= 11 is 0. The maximum Gasteiger partial charge on any atom is 0.161 e. The molecule has 21 heavy (non-hydrogen) atoms. The molecule has 0 bridgehead atoms. The molecule has 4 nitrogen and oxygen atoms in total. The molecule has 1 N–H and O–H groups in total. The van der Waals surface area contributed by atoms with Crippen LogP contribution in [0.5, 0.6) is 11.5 Å². The Bertz CT molecular complexity index is 478. The highest BCUT2D eigenvalue weighted by atomic mass is 16.6. The average molecular weight is 290 g/mol. The van der Waals surface area contributed by atoms with Gasteiger partial charge < -0.3 is 14.8 Å². The summed E-state index contributed by atoms with van der Waals surface area (Å²) in [5, 5.41) is 3.57. The van der Waals surface area contributed by atoms with Crippen LogP contribution in [0.3, 0.4) is 0 Å². The van der Waals surface area contributed by atoms with Gasteiger partial charge in [-0.05, 0) is 37.5 Å². The van der Waals surface area contributed by atoms with Crippen LogP contribution in [0.1, 0.15) is 25.8 Å². The fraction of sp³-hybridized carbons (Fsp3) is 0.647. The zero-order chi connectivity index (χ0) is 14.7. The van der Waals surface area contributed by atoms with E-state index in [9.17, 15) is 0 Å². The minimum absolute atomic E-state index is 0.591. The second-order valence-electron chi connectivity index (χ2n) is 6.09. The lowest BCUT2D eigenvalue weighted by Crippen LogP contribution is -2.55. The van der Waals surface area contributed by atoms with Crippen LogP contribution in [0, 0.1) is 0 Å². The first kappa shape index (κ1) is 14.7. The number of nitrogens with one attached hydrogen (secondary N) is 1. The maximum absolute atomic E-state index is 5.67. The quantitative estimate of drug-likeness (QED) is 0.920. The predicted molar refractivity (Wildman–Crippen MR) is 84.3 cm³/mol. The van der Waals surface area contributed by atoms with Gasteiger partial charge in [0.25, 0.3) is 0 Å². The molecule has 1 aromatic carbocycles. The van der Waals surface area contributed by atoms with E-state index in [-0.39, 0.29) is 0 Å². The molecule has 2 aliphatic rings. The third-order valence-corrected chi connectivity index (χ3v) is 4.49. The molecule has 2 atom stereocenters. The number of ether oxygens (including phenoxy) is 2. The van der Waals surface area contributed by atoms with E-state index in [1.807, 2.05) is 6.07 Å². The Morgan fingerprint density at radius 1 is 1.24 bits per heavy atom. The SMILES string of the molecule is CCC1CNC(C)CN1CCc1ccc2c(c1)OCCO2. The van der Waals surface area contributed by atoms with Gasteiger partial charge in [0.1, 0.15) is 13.2 Å². The molecular formula is C17H26N2O2. The van der Waals surface area contributed by atoms with Gasteiger partial charge in [0.15, 0.2) is 11.5 Å². The number of nitrogens with zero attached hydrogens (tertiary/aromatic N) is 1. The van der Waals surface area contributed by atoms with Crippen molar-refractivity contribution >= 4 is 0 Å². The summed E-state index contributed by atoms with van der Waals surface area (Å²) in [6.07, 6.45) is 2.28. The van der Waals surface area contributed by atoms with Crippen LogP contribution in [-0.2, 0) is 6.42 Å². The van der Waals surface area contributed by atoms with Gasteiger partial charge in [0.2, 0.25) is 0 Å². The van der Waals surface area contributed by atoms with Crippen LogP contribution in [0.4, 0.5) is 0 Å². The Kier molecular flexibility index (Phi) is 4.66. The number of hydrogen-bond acceptors (Lipinski definition) is 4. The Morgan fingerprint density at radius 3 is 2.86 bits per heavy atom. The third-order valence-electron chi connectivity index (χ3n) is 4.49. The molecule has 0 spiro atoms. The van der Waals surface area contributed by atoms with E-state index in [0.717, 1.165) is 37.6 Å². The van der Waals surface area contributed by atoms with E-state index in [0.29, 0.717) is 25.3 Å². The van der Waals surface area contributed by atoms with Crippen molar-refractivity contribution in [3.63, 3.8) is 0 Å². The molecule has 0 amide bonds. The van der Waals surface area contributed by atoms with Crippen LogP contribution in [0.2, 0.25) is 0 Å². The lowest BCUT2D eigenvalue weighted by Gasteiger charge is -2.39. The van der Waals surface area contributed by atoms with Crippen LogP contribution in [0.15, 0.2) is 18.2 Å². The number of benzene rings is 1. The first-order valence-electron chi connectivity index (χ1n) is 8.12. The van der Waals surface area contributed by atoms with Crippen LogP contribution in [-0.4, -0.2) is 49.8 Å². The number of fused-ring (bicyclic) bond motifs is 1. The topological polar surface area (TPSA) is 33.7 Å². The van der Waals surface area contributed by atoms with E-state index >= 15 is 0 Å². The molecule has 1 aromatic rings. The molecular weight excluding hydrogens is 264 g/mol. The van der Waals surface area contributed by atoms with Crippen molar-refractivity contribution in [2.45, 2.75) is 38.8 Å². The average Bonchev–Trinajstić information content (AvgIpc) is 2.53. The summed E-state index contributed by atoms with van der Waals surface area (Å²) in [6.45, 7) is 9.22. The number of piperazine rings is 1. The summed E-state index contributed by atoms with van der Waals surface area (Å²) in [5.41, 5.74) is 1.33. The first-order chi connectivity index (χ1) is 10.3. The summed E-state index contributed by atoms with van der Waals surface area (Å²) in [7, 11) is 0. The summed E-state index contributed by atoms with van der Waals surface area (Å²) in [4.78, 5) is 2.62. The third kappa shape index (κ3) is 3.50. The molecule has 0 saturated carbocycles. The molecule has 2 aliphatic heterocycles. The standard InChI is InChI=1S/C17H26N2O2/c1-3-15-11-18-13(2)12-19(15)7-6-14-4-5-16-17(10-14)21-9-8-20-16/h4-5,10,13,15,18H,3,6-9,11-12H2,1-2H3. The van der Waals surface area contributed by atoms with E-state index in [1.54, 1.807) is 0 Å². The predicted octanol–water partition coefficient (Wildman–Crippen LogP) is 2.07.